The summed E-state index contributed by atoms with van der Waals surface area (Å²) in [5, 5.41) is 68.3. The summed E-state index contributed by atoms with van der Waals surface area (Å²) in [4.78, 5) is 17.6. The Balaban J connectivity index is 2.22. The van der Waals surface area contributed by atoms with E-state index in [4.69, 9.17) is 4.42 Å². The van der Waals surface area contributed by atoms with Crippen LogP contribution < -0.4 is 14.5 Å². The van der Waals surface area contributed by atoms with Crippen LogP contribution in [-0.2, 0) is 20.5 Å². The van der Waals surface area contributed by atoms with E-state index in [1.165, 1.54) is 0 Å². The molecule has 0 amide bonds. The minimum Gasteiger partial charge on any atom is -0.506 e. The Morgan fingerprint density at radius 2 is 1.66 bits per heavy atom. The zero-order valence-electron chi connectivity index (χ0n) is 15.3. The molecule has 0 saturated carbocycles. The predicted octanol–water partition coefficient (Wildman–Crippen LogP) is -0.640. The van der Waals surface area contributed by atoms with Crippen LogP contribution in [0.15, 0.2) is 27.4 Å². The second-order valence-corrected chi connectivity index (χ2v) is 7.64. The van der Waals surface area contributed by atoms with Crippen LogP contribution in [0, 0.1) is 0 Å². The number of aliphatic hydroxyl groups excluding tert-OH is 1. The van der Waals surface area contributed by atoms with E-state index >= 15 is 0 Å². The number of phenolic OH excluding ortho intramolecular Hbond substituents is 4. The molecule has 7 N–H and O–H groups in total. The monoisotopic (exact) mass is 472 g/mol. The van der Waals surface area contributed by atoms with Crippen molar-refractivity contribution >= 4 is 21.4 Å². The highest BCUT2D eigenvalue weighted by molar-refractivity contribution is 7.82. The van der Waals surface area contributed by atoms with E-state index < -0.39 is 85.0 Å². The molecule has 14 nitrogen and oxygen atoms in total. The zero-order chi connectivity index (χ0) is 23.6. The van der Waals surface area contributed by atoms with Gasteiger partial charge in [0.05, 0.1) is 0 Å². The quantitative estimate of drug-likeness (QED) is 0.143. The van der Waals surface area contributed by atoms with E-state index in [0.717, 1.165) is 18.2 Å². The summed E-state index contributed by atoms with van der Waals surface area (Å²) in [5.74, 6) is -10.1. The Morgan fingerprint density at radius 3 is 2.28 bits per heavy atom. The van der Waals surface area contributed by atoms with E-state index in [1.54, 1.807) is 0 Å². The first-order valence-corrected chi connectivity index (χ1v) is 9.69. The van der Waals surface area contributed by atoms with Gasteiger partial charge in [-0.3, -0.25) is 4.79 Å². The third kappa shape index (κ3) is 3.12. The smallest absolute Gasteiger partial charge is 0.485 e. The van der Waals surface area contributed by atoms with Crippen molar-refractivity contribution in [3.05, 3.63) is 34.0 Å². The van der Waals surface area contributed by atoms with Crippen LogP contribution in [0.2, 0.25) is 0 Å². The van der Waals surface area contributed by atoms with Gasteiger partial charge in [0, 0.05) is 5.56 Å². The summed E-state index contributed by atoms with van der Waals surface area (Å²) in [6, 6.07) is 3.04. The molecule has 170 valence electrons. The summed E-state index contributed by atoms with van der Waals surface area (Å²) in [5.41, 5.74) is -3.65. The molecule has 15 heteroatoms. The highest BCUT2D eigenvalue weighted by atomic mass is 32.3. The Morgan fingerprint density at radius 1 is 0.969 bits per heavy atom. The Hall–Kier alpha value is -3.76. The first kappa shape index (κ1) is 21.5. The molecular weight excluding hydrogens is 460 g/mol. The first-order valence-electron chi connectivity index (χ1n) is 8.35. The van der Waals surface area contributed by atoms with Crippen molar-refractivity contribution in [2.24, 2.45) is 0 Å². The molecule has 5 rings (SSSR count). The van der Waals surface area contributed by atoms with Crippen LogP contribution in [-0.4, -0.2) is 50.8 Å². The third-order valence-electron chi connectivity index (χ3n) is 4.45. The molecule has 2 aliphatic rings. The minimum atomic E-state index is -5.17. The number of aromatic hydroxyl groups is 4. The van der Waals surface area contributed by atoms with Crippen LogP contribution >= 0.6 is 0 Å². The summed E-state index contributed by atoms with van der Waals surface area (Å²) in [7, 11) is -5.17. The van der Waals surface area contributed by atoms with Crippen molar-refractivity contribution in [2.45, 2.75) is 5.79 Å². The third-order valence-corrected chi connectivity index (χ3v) is 5.05. The van der Waals surface area contributed by atoms with Gasteiger partial charge in [-0.1, -0.05) is 0 Å². The molecule has 2 aliphatic heterocycles. The van der Waals surface area contributed by atoms with E-state index in [-0.39, 0.29) is 5.56 Å². The molecule has 0 aliphatic carbocycles. The second kappa shape index (κ2) is 6.87. The zero-order valence-corrected chi connectivity index (χ0v) is 16.2. The van der Waals surface area contributed by atoms with Crippen molar-refractivity contribution in [3.63, 3.8) is 0 Å². The predicted molar refractivity (Wildman–Crippen MR) is 99.0 cm³/mol. The average Bonchev–Trinajstić information content (AvgIpc) is 2.79. The number of aliphatic hydroxyl groups is 3. The van der Waals surface area contributed by atoms with Gasteiger partial charge in [0.25, 0.3) is 5.75 Å². The van der Waals surface area contributed by atoms with Gasteiger partial charge in [0.1, 0.15) is 23.3 Å². The van der Waals surface area contributed by atoms with E-state index in [0.29, 0.717) is 0 Å². The van der Waals surface area contributed by atoms with Gasteiger partial charge in [0.2, 0.25) is 17.0 Å². The normalized spacial score (nSPS) is 15.1. The molecule has 0 unspecified atom stereocenters. The molecule has 0 spiro atoms. The van der Waals surface area contributed by atoms with Gasteiger partial charge in [0.15, 0.2) is 28.6 Å². The minimum absolute atomic E-state index is 0.153. The van der Waals surface area contributed by atoms with Crippen LogP contribution in [0.1, 0.15) is 5.56 Å². The first-order chi connectivity index (χ1) is 14.9. The number of hydrogen-bond acceptors (Lipinski definition) is 14. The molecule has 3 aromatic rings. The van der Waals surface area contributed by atoms with Gasteiger partial charge in [-0.2, -0.15) is 8.42 Å². The molecule has 1 aromatic heterocycles. The van der Waals surface area contributed by atoms with E-state index in [1.807, 2.05) is 0 Å². The summed E-state index contributed by atoms with van der Waals surface area (Å²) in [6.07, 6.45) is 0. The molecule has 0 fully saturated rings. The standard InChI is InChI=1S/C17H12O14S/c18-4-17(24,25)9-10(21)8-11(22)15-13(5-1-2-6(19)7(20)3-5)28-14(8)16(12(9)23)30-32(26,27)31-29-15/h1-3,18-21,23-25H,4H2. The molecular formula is C17H12O14S. The van der Waals surface area contributed by atoms with Crippen LogP contribution in [0.4, 0.5) is 0 Å². The lowest BCUT2D eigenvalue weighted by Crippen LogP contribution is -2.30. The molecule has 3 heterocycles. The highest BCUT2D eigenvalue weighted by Gasteiger charge is 2.41. The topological polar surface area (TPSA) is 234 Å². The number of phenols is 4. The lowest BCUT2D eigenvalue weighted by Gasteiger charge is -2.23. The fourth-order valence-electron chi connectivity index (χ4n) is 3.01. The highest BCUT2D eigenvalue weighted by Crippen LogP contribution is 2.50. The average molecular weight is 472 g/mol. The molecule has 0 atom stereocenters. The molecule has 32 heavy (non-hydrogen) atoms. The van der Waals surface area contributed by atoms with Gasteiger partial charge in [-0.25, -0.2) is 0 Å². The van der Waals surface area contributed by atoms with Gasteiger partial charge < -0.3 is 49.2 Å². The van der Waals surface area contributed by atoms with Crippen LogP contribution in [0.3, 0.4) is 0 Å². The van der Waals surface area contributed by atoms with E-state index in [9.17, 15) is 49.0 Å². The maximum Gasteiger partial charge on any atom is 0.485 e. The lowest BCUT2D eigenvalue weighted by atomic mass is 9.99. The maximum absolute atomic E-state index is 13.1. The summed E-state index contributed by atoms with van der Waals surface area (Å²) >= 11 is 0. The largest absolute Gasteiger partial charge is 0.506 e. The Labute approximate surface area is 176 Å². The SMILES string of the molecule is O=c1c2c(-c3ccc(O)c(O)c3)oc3c(c(O)c(C(O)(O)CO)c(O)c13)OS(=O)(=O)OO2. The van der Waals surface area contributed by atoms with Crippen molar-refractivity contribution in [1.29, 1.82) is 0 Å². The van der Waals surface area contributed by atoms with Crippen molar-refractivity contribution in [3.8, 4) is 45.8 Å². The molecule has 2 aromatic carbocycles. The molecule has 0 radical (unpaired) electrons. The maximum atomic E-state index is 13.1. The molecule has 0 saturated heterocycles. The number of rotatable bonds is 3. The second-order valence-electron chi connectivity index (χ2n) is 6.52. The van der Waals surface area contributed by atoms with Crippen molar-refractivity contribution < 1.29 is 62.0 Å². The number of fused-ring (bicyclic) bond motifs is 4. The summed E-state index contributed by atoms with van der Waals surface area (Å²) < 4.78 is 38.2. The number of hydrogen-bond donors (Lipinski definition) is 7. The van der Waals surface area contributed by atoms with Crippen molar-refractivity contribution in [1.82, 2.24) is 0 Å². The number of benzene rings is 2. The van der Waals surface area contributed by atoms with Gasteiger partial charge in [-0.05, 0) is 22.5 Å². The summed E-state index contributed by atoms with van der Waals surface area (Å²) in [6.45, 7) is -1.50. The van der Waals surface area contributed by atoms with Crippen molar-refractivity contribution in [2.75, 3.05) is 6.61 Å². The van der Waals surface area contributed by atoms with Gasteiger partial charge in [-0.15, -0.1) is 0 Å². The lowest BCUT2D eigenvalue weighted by molar-refractivity contribution is -0.196. The Bertz CT molecular complexity index is 1440. The van der Waals surface area contributed by atoms with E-state index in [2.05, 4.69) is 13.4 Å². The van der Waals surface area contributed by atoms with Gasteiger partial charge >= 0.3 is 10.4 Å². The van der Waals surface area contributed by atoms with Crippen LogP contribution in [0.5, 0.6) is 34.5 Å². The Kier molecular flexibility index (Phi) is 4.61. The molecule has 4 bridgehead atoms. The fourth-order valence-corrected chi connectivity index (χ4v) is 3.55. The van der Waals surface area contributed by atoms with Crippen LogP contribution in [0.25, 0.3) is 22.3 Å². The fraction of sp³-hybridized carbons (Fsp3) is 0.118.